The van der Waals surface area contributed by atoms with E-state index in [-0.39, 0.29) is 10.2 Å². The standard InChI is InChI=1S/C13H8BrClF3N3S/c1-5-19-10-6(3-4-7(15)11(10)22-5)9-8(14)12(13(16,17)18)21(2)20-9/h3-4H,1-2H3. The first-order valence-corrected chi connectivity index (χ1v) is 8.04. The van der Waals surface area contributed by atoms with E-state index in [9.17, 15) is 13.2 Å². The van der Waals surface area contributed by atoms with E-state index in [1.807, 2.05) is 6.92 Å². The summed E-state index contributed by atoms with van der Waals surface area (Å²) in [6.07, 6.45) is -4.50. The van der Waals surface area contributed by atoms with Gasteiger partial charge in [0.05, 0.1) is 24.7 Å². The van der Waals surface area contributed by atoms with Crippen LogP contribution in [0, 0.1) is 6.92 Å². The molecule has 2 aromatic heterocycles. The second-order valence-electron chi connectivity index (χ2n) is 4.64. The molecule has 0 aliphatic carbocycles. The summed E-state index contributed by atoms with van der Waals surface area (Å²) in [4.78, 5) is 4.38. The number of halogens is 5. The van der Waals surface area contributed by atoms with Crippen LogP contribution in [0.2, 0.25) is 5.02 Å². The Morgan fingerprint density at radius 2 is 2.00 bits per heavy atom. The predicted molar refractivity (Wildman–Crippen MR) is 84.3 cm³/mol. The number of hydrogen-bond donors (Lipinski definition) is 0. The average Bonchev–Trinajstić information content (AvgIpc) is 2.90. The van der Waals surface area contributed by atoms with Gasteiger partial charge in [0.25, 0.3) is 0 Å². The Morgan fingerprint density at radius 3 is 2.59 bits per heavy atom. The van der Waals surface area contributed by atoms with E-state index < -0.39 is 11.9 Å². The number of aromatic nitrogens is 3. The molecule has 116 valence electrons. The molecule has 1 aromatic carbocycles. The highest BCUT2D eigenvalue weighted by Gasteiger charge is 2.39. The van der Waals surface area contributed by atoms with Gasteiger partial charge in [0, 0.05) is 12.6 Å². The van der Waals surface area contributed by atoms with Crippen molar-refractivity contribution in [2.45, 2.75) is 13.1 Å². The molecule has 0 bridgehead atoms. The third kappa shape index (κ3) is 2.43. The topological polar surface area (TPSA) is 30.7 Å². The van der Waals surface area contributed by atoms with Crippen LogP contribution in [-0.2, 0) is 13.2 Å². The Bertz CT molecular complexity index is 885. The van der Waals surface area contributed by atoms with Crippen LogP contribution in [-0.4, -0.2) is 14.8 Å². The molecule has 0 aliphatic heterocycles. The van der Waals surface area contributed by atoms with E-state index in [1.54, 1.807) is 12.1 Å². The highest BCUT2D eigenvalue weighted by atomic mass is 79.9. The summed E-state index contributed by atoms with van der Waals surface area (Å²) in [6.45, 7) is 1.82. The molecule has 0 spiro atoms. The first-order chi connectivity index (χ1) is 10.2. The fourth-order valence-corrected chi connectivity index (χ4v) is 4.14. The van der Waals surface area contributed by atoms with Crippen molar-refractivity contribution in [1.29, 1.82) is 0 Å². The van der Waals surface area contributed by atoms with Gasteiger partial charge in [-0.25, -0.2) is 4.98 Å². The summed E-state index contributed by atoms with van der Waals surface area (Å²) in [7, 11) is 1.26. The number of fused-ring (bicyclic) bond motifs is 1. The number of rotatable bonds is 1. The maximum absolute atomic E-state index is 13.1. The lowest BCUT2D eigenvalue weighted by Crippen LogP contribution is -2.12. The summed E-state index contributed by atoms with van der Waals surface area (Å²) in [5, 5.41) is 5.31. The molecule has 3 aromatic rings. The molecule has 0 aliphatic rings. The number of hydrogen-bond acceptors (Lipinski definition) is 3. The lowest BCUT2D eigenvalue weighted by atomic mass is 10.1. The highest BCUT2D eigenvalue weighted by molar-refractivity contribution is 9.10. The number of thiazole rings is 1. The van der Waals surface area contributed by atoms with Crippen molar-refractivity contribution in [3.05, 3.63) is 32.3 Å². The summed E-state index contributed by atoms with van der Waals surface area (Å²) >= 11 is 10.6. The minimum atomic E-state index is -4.50. The van der Waals surface area contributed by atoms with E-state index in [0.717, 1.165) is 14.4 Å². The van der Waals surface area contributed by atoms with E-state index >= 15 is 0 Å². The van der Waals surface area contributed by atoms with Gasteiger partial charge in [0.2, 0.25) is 0 Å². The van der Waals surface area contributed by atoms with Gasteiger partial charge in [-0.1, -0.05) is 11.6 Å². The molecule has 3 rings (SSSR count). The van der Waals surface area contributed by atoms with E-state index in [2.05, 4.69) is 26.0 Å². The summed E-state index contributed by atoms with van der Waals surface area (Å²) in [5.74, 6) is 0. The van der Waals surface area contributed by atoms with Gasteiger partial charge in [-0.15, -0.1) is 11.3 Å². The van der Waals surface area contributed by atoms with E-state index in [1.165, 1.54) is 18.4 Å². The van der Waals surface area contributed by atoms with Crippen LogP contribution < -0.4 is 0 Å². The Kier molecular flexibility index (Phi) is 3.73. The van der Waals surface area contributed by atoms with Crippen molar-refractivity contribution < 1.29 is 13.2 Å². The number of alkyl halides is 3. The first-order valence-electron chi connectivity index (χ1n) is 6.06. The average molecular weight is 411 g/mol. The van der Waals surface area contributed by atoms with Crippen molar-refractivity contribution in [3.8, 4) is 11.3 Å². The van der Waals surface area contributed by atoms with E-state index in [4.69, 9.17) is 11.6 Å². The maximum Gasteiger partial charge on any atom is 0.434 e. The smallest absolute Gasteiger partial charge is 0.262 e. The largest absolute Gasteiger partial charge is 0.434 e. The Hall–Kier alpha value is -1.12. The number of aryl methyl sites for hydroxylation is 2. The second kappa shape index (κ2) is 5.21. The van der Waals surface area contributed by atoms with Crippen molar-refractivity contribution in [2.24, 2.45) is 7.05 Å². The Morgan fingerprint density at radius 1 is 1.32 bits per heavy atom. The molecule has 0 N–H and O–H groups in total. The molecule has 3 nitrogen and oxygen atoms in total. The second-order valence-corrected chi connectivity index (χ2v) is 7.04. The third-order valence-corrected chi connectivity index (χ3v) is 5.30. The van der Waals surface area contributed by atoms with Gasteiger partial charge in [0.15, 0.2) is 5.69 Å². The monoisotopic (exact) mass is 409 g/mol. The van der Waals surface area contributed by atoms with Gasteiger partial charge < -0.3 is 0 Å². The van der Waals surface area contributed by atoms with Crippen LogP contribution in [0.4, 0.5) is 13.2 Å². The van der Waals surface area contributed by atoms with Crippen molar-refractivity contribution in [2.75, 3.05) is 0 Å². The molecule has 0 unspecified atom stereocenters. The Balaban J connectivity index is 2.32. The predicted octanol–water partition coefficient (Wildman–Crippen LogP) is 5.44. The van der Waals surface area contributed by atoms with Crippen LogP contribution in [0.25, 0.3) is 21.5 Å². The minimum absolute atomic E-state index is 0.100. The molecule has 0 atom stereocenters. The zero-order valence-electron chi connectivity index (χ0n) is 11.3. The first kappa shape index (κ1) is 15.8. The van der Waals surface area contributed by atoms with Gasteiger partial charge >= 0.3 is 6.18 Å². The molecule has 9 heteroatoms. The van der Waals surface area contributed by atoms with Crippen LogP contribution in [0.5, 0.6) is 0 Å². The molecule has 0 fully saturated rings. The summed E-state index contributed by atoms with van der Waals surface area (Å²) in [6, 6.07) is 3.28. The van der Waals surface area contributed by atoms with Crippen LogP contribution >= 0.6 is 38.9 Å². The van der Waals surface area contributed by atoms with Crippen molar-refractivity contribution >= 4 is 49.1 Å². The normalized spacial score (nSPS) is 12.3. The molecule has 0 saturated carbocycles. The third-order valence-electron chi connectivity index (χ3n) is 3.12. The molecule has 0 saturated heterocycles. The molecule has 0 amide bonds. The lowest BCUT2D eigenvalue weighted by Gasteiger charge is -2.06. The fourth-order valence-electron chi connectivity index (χ4n) is 2.25. The zero-order valence-corrected chi connectivity index (χ0v) is 14.5. The van der Waals surface area contributed by atoms with Gasteiger partial charge in [-0.05, 0) is 35.0 Å². The van der Waals surface area contributed by atoms with Crippen LogP contribution in [0.15, 0.2) is 16.6 Å². The van der Waals surface area contributed by atoms with Crippen LogP contribution in [0.3, 0.4) is 0 Å². The zero-order chi connectivity index (χ0) is 16.2. The summed E-state index contributed by atoms with van der Waals surface area (Å²) < 4.78 is 40.7. The molecular weight excluding hydrogens is 403 g/mol. The summed E-state index contributed by atoms with van der Waals surface area (Å²) in [5.41, 5.74) is 0.434. The fraction of sp³-hybridized carbons (Fsp3) is 0.231. The van der Waals surface area contributed by atoms with Crippen molar-refractivity contribution in [1.82, 2.24) is 14.8 Å². The Labute approximate surface area is 140 Å². The number of nitrogens with zero attached hydrogens (tertiary/aromatic N) is 3. The van der Waals surface area contributed by atoms with Crippen molar-refractivity contribution in [3.63, 3.8) is 0 Å². The molecular formula is C13H8BrClF3N3S. The minimum Gasteiger partial charge on any atom is -0.262 e. The van der Waals surface area contributed by atoms with Gasteiger partial charge in [-0.2, -0.15) is 18.3 Å². The quantitative estimate of drug-likeness (QED) is 0.535. The molecule has 2 heterocycles. The van der Waals surface area contributed by atoms with Gasteiger partial charge in [0.1, 0.15) is 5.69 Å². The maximum atomic E-state index is 13.1. The van der Waals surface area contributed by atoms with Crippen LogP contribution in [0.1, 0.15) is 10.7 Å². The van der Waals surface area contributed by atoms with E-state index in [0.29, 0.717) is 16.1 Å². The SMILES string of the molecule is Cc1nc2c(-c3nn(C)c(C(F)(F)F)c3Br)ccc(Cl)c2s1. The number of benzene rings is 1. The molecule has 0 radical (unpaired) electrons. The van der Waals surface area contributed by atoms with Gasteiger partial charge in [-0.3, -0.25) is 4.68 Å². The lowest BCUT2D eigenvalue weighted by molar-refractivity contribution is -0.144. The molecule has 22 heavy (non-hydrogen) atoms. The highest BCUT2D eigenvalue weighted by Crippen LogP contribution is 2.42.